The molecule has 1 aromatic rings. The van der Waals surface area contributed by atoms with E-state index in [9.17, 15) is 4.79 Å². The summed E-state index contributed by atoms with van der Waals surface area (Å²) in [6, 6.07) is 7.77. The highest BCUT2D eigenvalue weighted by Crippen LogP contribution is 2.29. The molecule has 0 spiro atoms. The van der Waals surface area contributed by atoms with Crippen LogP contribution in [0, 0.1) is 0 Å². The average Bonchev–Trinajstić information content (AvgIpc) is 2.36. The monoisotopic (exact) mass is 248 g/mol. The van der Waals surface area contributed by atoms with Gasteiger partial charge >= 0.3 is 6.09 Å². The number of nitrogens with one attached hydrogen (secondary N) is 1. The Balaban J connectivity index is 3.05. The largest absolute Gasteiger partial charge is 0.412 e. The van der Waals surface area contributed by atoms with Crippen molar-refractivity contribution in [2.24, 2.45) is 0 Å². The number of carbonyl (C=O) groups excluding carboxylic acids is 1. The van der Waals surface area contributed by atoms with Crippen LogP contribution in [0.1, 0.15) is 13.8 Å². The van der Waals surface area contributed by atoms with Crippen molar-refractivity contribution < 1.29 is 9.53 Å². The fourth-order valence-electron chi connectivity index (χ4n) is 1.66. The minimum atomic E-state index is -0.468. The average molecular weight is 248 g/mol. The maximum Gasteiger partial charge on any atom is 0.412 e. The second-order valence-electron chi connectivity index (χ2n) is 4.14. The Morgan fingerprint density at radius 1 is 1.50 bits per heavy atom. The highest BCUT2D eigenvalue weighted by Gasteiger charge is 2.15. The molecule has 0 aromatic heterocycles. The van der Waals surface area contributed by atoms with Crippen LogP contribution in [0.3, 0.4) is 0 Å². The van der Waals surface area contributed by atoms with Crippen molar-refractivity contribution in [1.82, 2.24) is 5.32 Å². The van der Waals surface area contributed by atoms with E-state index in [1.807, 2.05) is 24.3 Å². The Kier molecular flexibility index (Phi) is 5.24. The molecule has 1 amide bonds. The molecule has 0 saturated heterocycles. The molecule has 1 aromatic carbocycles. The van der Waals surface area contributed by atoms with E-state index in [1.54, 1.807) is 6.07 Å². The lowest BCUT2D eigenvalue weighted by molar-refractivity contribution is 0.203. The van der Waals surface area contributed by atoms with Crippen molar-refractivity contribution in [3.8, 4) is 5.75 Å². The Hall–Kier alpha value is -1.97. The van der Waals surface area contributed by atoms with Crippen molar-refractivity contribution in [2.45, 2.75) is 19.9 Å². The Labute approximate surface area is 108 Å². The molecule has 0 saturated carbocycles. The van der Waals surface area contributed by atoms with Crippen LogP contribution in [0.4, 0.5) is 10.5 Å². The molecule has 0 aliphatic carbocycles. The standard InChI is InChI=1S/C14H20N2O2/c1-5-10-16(11(2)3)12-8-6-7-9-13(12)18-14(17)15-4/h5-9,11H,1,10H2,2-4H3,(H,15,17). The minimum absolute atomic E-state index is 0.289. The normalized spacial score (nSPS) is 10.0. The molecule has 0 aliphatic heterocycles. The van der Waals surface area contributed by atoms with E-state index in [-0.39, 0.29) is 6.04 Å². The van der Waals surface area contributed by atoms with Crippen molar-refractivity contribution >= 4 is 11.8 Å². The van der Waals surface area contributed by atoms with Gasteiger partial charge in [0.05, 0.1) is 5.69 Å². The van der Waals surface area contributed by atoms with E-state index in [1.165, 1.54) is 7.05 Å². The molecule has 18 heavy (non-hydrogen) atoms. The molecule has 0 fully saturated rings. The van der Waals surface area contributed by atoms with E-state index in [4.69, 9.17) is 4.74 Å². The lowest BCUT2D eigenvalue weighted by Crippen LogP contribution is -2.32. The second kappa shape index (κ2) is 6.69. The first-order chi connectivity index (χ1) is 8.60. The number of anilines is 1. The smallest absolute Gasteiger partial charge is 0.408 e. The maximum absolute atomic E-state index is 11.3. The molecular formula is C14H20N2O2. The summed E-state index contributed by atoms with van der Waals surface area (Å²) in [5.74, 6) is 0.549. The van der Waals surface area contributed by atoms with E-state index in [2.05, 4.69) is 30.6 Å². The van der Waals surface area contributed by atoms with Gasteiger partial charge in [-0.05, 0) is 26.0 Å². The molecular weight excluding hydrogens is 228 g/mol. The first-order valence-corrected chi connectivity index (χ1v) is 5.96. The number of hydrogen-bond acceptors (Lipinski definition) is 3. The topological polar surface area (TPSA) is 41.6 Å². The van der Waals surface area contributed by atoms with Gasteiger partial charge in [-0.2, -0.15) is 0 Å². The third-order valence-corrected chi connectivity index (χ3v) is 2.53. The SMILES string of the molecule is C=CCN(c1ccccc1OC(=O)NC)C(C)C. The summed E-state index contributed by atoms with van der Waals surface area (Å²) >= 11 is 0. The molecule has 0 unspecified atom stereocenters. The number of hydrogen-bond donors (Lipinski definition) is 1. The van der Waals surface area contributed by atoms with Crippen molar-refractivity contribution in [3.63, 3.8) is 0 Å². The van der Waals surface area contributed by atoms with Gasteiger partial charge in [-0.1, -0.05) is 18.2 Å². The zero-order valence-corrected chi connectivity index (χ0v) is 11.1. The zero-order chi connectivity index (χ0) is 13.5. The zero-order valence-electron chi connectivity index (χ0n) is 11.1. The molecule has 1 N–H and O–H groups in total. The minimum Gasteiger partial charge on any atom is -0.408 e. The molecule has 0 heterocycles. The number of benzene rings is 1. The predicted molar refractivity (Wildman–Crippen MR) is 74.2 cm³/mol. The molecule has 98 valence electrons. The quantitative estimate of drug-likeness (QED) is 0.815. The number of rotatable bonds is 5. The summed E-state index contributed by atoms with van der Waals surface area (Å²) in [6.07, 6.45) is 1.36. The first kappa shape index (κ1) is 14.1. The van der Waals surface area contributed by atoms with Gasteiger partial charge in [-0.15, -0.1) is 6.58 Å². The highest BCUT2D eigenvalue weighted by atomic mass is 16.6. The fourth-order valence-corrected chi connectivity index (χ4v) is 1.66. The molecule has 1 rings (SSSR count). The van der Waals surface area contributed by atoms with Gasteiger partial charge in [0, 0.05) is 19.6 Å². The summed E-state index contributed by atoms with van der Waals surface area (Å²) in [7, 11) is 1.54. The van der Waals surface area contributed by atoms with Gasteiger partial charge in [0.25, 0.3) is 0 Å². The Bertz CT molecular complexity index is 416. The molecule has 0 bridgehead atoms. The number of carbonyl (C=O) groups is 1. The van der Waals surface area contributed by atoms with E-state index in [0.29, 0.717) is 12.3 Å². The predicted octanol–water partition coefficient (Wildman–Crippen LogP) is 2.81. The number of ether oxygens (including phenoxy) is 1. The second-order valence-corrected chi connectivity index (χ2v) is 4.14. The van der Waals surface area contributed by atoms with Crippen LogP contribution >= 0.6 is 0 Å². The Morgan fingerprint density at radius 3 is 2.72 bits per heavy atom. The van der Waals surface area contributed by atoms with Crippen molar-refractivity contribution in [1.29, 1.82) is 0 Å². The van der Waals surface area contributed by atoms with Crippen LogP contribution in [0.25, 0.3) is 0 Å². The van der Waals surface area contributed by atoms with Crippen LogP contribution in [-0.2, 0) is 0 Å². The molecule has 0 atom stereocenters. The molecule has 0 aliphatic rings. The summed E-state index contributed by atoms with van der Waals surface area (Å²) in [5, 5.41) is 2.44. The number of nitrogens with zero attached hydrogens (tertiary/aromatic N) is 1. The first-order valence-electron chi connectivity index (χ1n) is 5.96. The lowest BCUT2D eigenvalue weighted by Gasteiger charge is -2.29. The summed E-state index contributed by atoms with van der Waals surface area (Å²) < 4.78 is 5.25. The van der Waals surface area contributed by atoms with Gasteiger partial charge in [0.15, 0.2) is 5.75 Å². The van der Waals surface area contributed by atoms with Crippen molar-refractivity contribution in [2.75, 3.05) is 18.5 Å². The van der Waals surface area contributed by atoms with Crippen LogP contribution in [0.2, 0.25) is 0 Å². The highest BCUT2D eigenvalue weighted by molar-refractivity contribution is 5.73. The molecule has 4 nitrogen and oxygen atoms in total. The van der Waals surface area contributed by atoms with E-state index < -0.39 is 6.09 Å². The summed E-state index contributed by atoms with van der Waals surface area (Å²) in [4.78, 5) is 13.4. The van der Waals surface area contributed by atoms with Gasteiger partial charge in [-0.25, -0.2) is 4.79 Å². The molecule has 0 radical (unpaired) electrons. The Morgan fingerprint density at radius 2 is 2.17 bits per heavy atom. The third-order valence-electron chi connectivity index (χ3n) is 2.53. The maximum atomic E-state index is 11.3. The van der Waals surface area contributed by atoms with Gasteiger partial charge in [0.1, 0.15) is 0 Å². The number of para-hydroxylation sites is 2. The fraction of sp³-hybridized carbons (Fsp3) is 0.357. The van der Waals surface area contributed by atoms with Crippen LogP contribution in [0.15, 0.2) is 36.9 Å². The number of amides is 1. The van der Waals surface area contributed by atoms with Gasteiger partial charge in [0.2, 0.25) is 0 Å². The van der Waals surface area contributed by atoms with Gasteiger partial charge < -0.3 is 15.0 Å². The molecule has 4 heteroatoms. The summed E-state index contributed by atoms with van der Waals surface area (Å²) in [5.41, 5.74) is 0.885. The lowest BCUT2D eigenvalue weighted by atomic mass is 10.2. The van der Waals surface area contributed by atoms with Crippen LogP contribution < -0.4 is 15.0 Å². The van der Waals surface area contributed by atoms with E-state index in [0.717, 1.165) is 5.69 Å². The van der Waals surface area contributed by atoms with Crippen LogP contribution in [0.5, 0.6) is 5.75 Å². The summed E-state index contributed by atoms with van der Waals surface area (Å²) in [6.45, 7) is 8.62. The third kappa shape index (κ3) is 3.52. The van der Waals surface area contributed by atoms with Crippen molar-refractivity contribution in [3.05, 3.63) is 36.9 Å². The van der Waals surface area contributed by atoms with Crippen LogP contribution in [-0.4, -0.2) is 25.7 Å². The van der Waals surface area contributed by atoms with E-state index >= 15 is 0 Å². The van der Waals surface area contributed by atoms with Gasteiger partial charge in [-0.3, -0.25) is 0 Å².